The summed E-state index contributed by atoms with van der Waals surface area (Å²) in [4.78, 5) is 51.0. The van der Waals surface area contributed by atoms with Gasteiger partial charge >= 0.3 is 12.1 Å². The largest absolute Gasteiger partial charge is 0.490 e. The highest BCUT2D eigenvalue weighted by molar-refractivity contribution is 5.97. The number of carbonyl (C=O) groups is 3. The van der Waals surface area contributed by atoms with Crippen molar-refractivity contribution in [3.8, 4) is 11.5 Å². The summed E-state index contributed by atoms with van der Waals surface area (Å²) in [7, 11) is 0. The van der Waals surface area contributed by atoms with E-state index < -0.39 is 40.8 Å². The second kappa shape index (κ2) is 11.3. The number of halogens is 2. The van der Waals surface area contributed by atoms with Crippen LogP contribution < -0.4 is 30.0 Å². The van der Waals surface area contributed by atoms with Gasteiger partial charge in [-0.25, -0.2) is 18.4 Å². The topological polar surface area (TPSA) is 140 Å². The van der Waals surface area contributed by atoms with Crippen molar-refractivity contribution in [1.29, 1.82) is 0 Å². The molecule has 232 valence electrons. The average Bonchev–Trinajstić information content (AvgIpc) is 3.60. The van der Waals surface area contributed by atoms with Crippen LogP contribution in [0.25, 0.3) is 10.9 Å². The third-order valence-corrected chi connectivity index (χ3v) is 8.13. The lowest BCUT2D eigenvalue weighted by atomic mass is 10.1. The van der Waals surface area contributed by atoms with Gasteiger partial charge < -0.3 is 34.1 Å². The van der Waals surface area contributed by atoms with Crippen molar-refractivity contribution < 1.29 is 42.5 Å². The zero-order valence-corrected chi connectivity index (χ0v) is 24.0. The summed E-state index contributed by atoms with van der Waals surface area (Å²) in [6, 6.07) is 4.95. The van der Waals surface area contributed by atoms with Crippen LogP contribution in [0.5, 0.6) is 11.5 Å². The van der Waals surface area contributed by atoms with Crippen molar-refractivity contribution in [2.45, 2.75) is 32.4 Å². The van der Waals surface area contributed by atoms with Gasteiger partial charge in [-0.1, -0.05) is 0 Å². The molecular formula is C30H30F2N4O8. The molecule has 2 amide bonds. The minimum Gasteiger partial charge on any atom is -0.490 e. The standard InChI is InChI=1S/C30H30F2N4O8/c1-15-13-43-28-25-20(27(38)21(29(39)40)12-35(15)25)8-23(32)26(28)34-6-5-17(10-34)14-42-24-4-3-18(7-22(24)31)36-11-19(44-30(36)41)9-33-16(2)37/h3-4,7-8,12,15,17,19H,5-6,9-11,13-14H2,1-2H3,(H,33,37)(H,39,40)/t15?,17?,19-/m0/s1. The molecule has 2 N–H and O–H groups in total. The van der Waals surface area contributed by atoms with Crippen molar-refractivity contribution >= 4 is 40.2 Å². The number of carboxylic acids is 1. The number of carboxylic acid groups (broad SMARTS) is 1. The van der Waals surface area contributed by atoms with Crippen LogP contribution in [-0.2, 0) is 9.53 Å². The van der Waals surface area contributed by atoms with Gasteiger partial charge in [0, 0.05) is 38.2 Å². The van der Waals surface area contributed by atoms with Gasteiger partial charge in [0.05, 0.1) is 42.3 Å². The number of carbonyl (C=O) groups excluding carboxylic acids is 2. The van der Waals surface area contributed by atoms with Crippen molar-refractivity contribution in [3.63, 3.8) is 0 Å². The molecule has 3 aliphatic heterocycles. The molecule has 0 aliphatic carbocycles. The summed E-state index contributed by atoms with van der Waals surface area (Å²) in [5, 5.41) is 12.0. The summed E-state index contributed by atoms with van der Waals surface area (Å²) < 4.78 is 49.1. The molecule has 0 saturated carbocycles. The lowest BCUT2D eigenvalue weighted by molar-refractivity contribution is -0.119. The fourth-order valence-corrected chi connectivity index (χ4v) is 5.91. The number of amides is 2. The van der Waals surface area contributed by atoms with Crippen LogP contribution in [0.1, 0.15) is 36.7 Å². The van der Waals surface area contributed by atoms with Gasteiger partial charge in [0.1, 0.15) is 24.0 Å². The number of aromatic carboxylic acids is 1. The van der Waals surface area contributed by atoms with Crippen LogP contribution in [-0.4, -0.2) is 73.1 Å². The molecule has 44 heavy (non-hydrogen) atoms. The lowest BCUT2D eigenvalue weighted by Crippen LogP contribution is -2.33. The third-order valence-electron chi connectivity index (χ3n) is 8.13. The summed E-state index contributed by atoms with van der Waals surface area (Å²) >= 11 is 0. The lowest BCUT2D eigenvalue weighted by Gasteiger charge is -2.31. The maximum absolute atomic E-state index is 15.6. The van der Waals surface area contributed by atoms with Gasteiger partial charge in [0.25, 0.3) is 0 Å². The Kier molecular flexibility index (Phi) is 7.51. The highest BCUT2D eigenvalue weighted by Gasteiger charge is 2.35. The molecular weight excluding hydrogens is 582 g/mol. The van der Waals surface area contributed by atoms with E-state index in [1.165, 1.54) is 30.2 Å². The highest BCUT2D eigenvalue weighted by Crippen LogP contribution is 2.43. The van der Waals surface area contributed by atoms with Gasteiger partial charge in [-0.3, -0.25) is 14.5 Å². The molecule has 6 rings (SSSR count). The summed E-state index contributed by atoms with van der Waals surface area (Å²) in [6.45, 7) is 4.63. The van der Waals surface area contributed by atoms with E-state index in [4.69, 9.17) is 14.2 Å². The van der Waals surface area contributed by atoms with Gasteiger partial charge in [-0.15, -0.1) is 0 Å². The molecule has 4 heterocycles. The third kappa shape index (κ3) is 5.24. The van der Waals surface area contributed by atoms with E-state index in [9.17, 15) is 28.7 Å². The van der Waals surface area contributed by atoms with Crippen molar-refractivity contribution in [1.82, 2.24) is 9.88 Å². The Balaban J connectivity index is 1.15. The molecule has 12 nitrogen and oxygen atoms in total. The molecule has 14 heteroatoms. The molecule has 2 saturated heterocycles. The van der Waals surface area contributed by atoms with Gasteiger partial charge in [0.2, 0.25) is 11.3 Å². The fourth-order valence-electron chi connectivity index (χ4n) is 5.91. The van der Waals surface area contributed by atoms with E-state index in [1.807, 2.05) is 6.92 Å². The van der Waals surface area contributed by atoms with Gasteiger partial charge in [-0.05, 0) is 31.5 Å². The van der Waals surface area contributed by atoms with Crippen molar-refractivity contribution in [3.05, 3.63) is 57.9 Å². The van der Waals surface area contributed by atoms with Crippen molar-refractivity contribution in [2.24, 2.45) is 5.92 Å². The minimum atomic E-state index is -1.38. The second-order valence-corrected chi connectivity index (χ2v) is 11.3. The molecule has 1 aromatic heterocycles. The molecule has 0 bridgehead atoms. The maximum Gasteiger partial charge on any atom is 0.414 e. The van der Waals surface area contributed by atoms with Gasteiger partial charge in [0.15, 0.2) is 23.1 Å². The summed E-state index contributed by atoms with van der Waals surface area (Å²) in [5.41, 5.74) is -0.385. The van der Waals surface area contributed by atoms with E-state index in [-0.39, 0.29) is 66.7 Å². The maximum atomic E-state index is 15.6. The number of nitrogens with one attached hydrogen (secondary N) is 1. The molecule has 3 aromatic rings. The monoisotopic (exact) mass is 612 g/mol. The number of anilines is 2. The number of hydrogen-bond acceptors (Lipinski definition) is 8. The second-order valence-electron chi connectivity index (χ2n) is 11.3. The number of cyclic esters (lactones) is 1. The highest BCUT2D eigenvalue weighted by atomic mass is 19.1. The number of pyridine rings is 1. The Hall–Kier alpha value is -4.88. The summed E-state index contributed by atoms with van der Waals surface area (Å²) in [6.07, 6.45) is 0.703. The number of hydrogen-bond donors (Lipinski definition) is 2. The molecule has 2 aromatic carbocycles. The van der Waals surface area contributed by atoms with E-state index in [0.29, 0.717) is 30.7 Å². The molecule has 0 spiro atoms. The predicted octanol–water partition coefficient (Wildman–Crippen LogP) is 3.30. The van der Waals surface area contributed by atoms with E-state index in [1.54, 1.807) is 15.5 Å². The number of rotatable bonds is 8. The number of ether oxygens (including phenoxy) is 3. The zero-order chi connectivity index (χ0) is 31.3. The first-order valence-corrected chi connectivity index (χ1v) is 14.2. The average molecular weight is 613 g/mol. The van der Waals surface area contributed by atoms with Crippen LogP contribution in [0.3, 0.4) is 0 Å². The fraction of sp³-hybridized carbons (Fsp3) is 0.400. The first-order valence-electron chi connectivity index (χ1n) is 14.2. The van der Waals surface area contributed by atoms with Crippen molar-refractivity contribution in [2.75, 3.05) is 49.2 Å². The summed E-state index contributed by atoms with van der Waals surface area (Å²) in [5.74, 6) is -2.90. The smallest absolute Gasteiger partial charge is 0.414 e. The van der Waals surface area contributed by atoms with Crippen LogP contribution in [0.4, 0.5) is 25.0 Å². The zero-order valence-electron chi connectivity index (χ0n) is 24.0. The number of nitrogens with zero attached hydrogens (tertiary/aromatic N) is 3. The SMILES string of the molecule is CC(=O)NC[C@H]1CN(c2ccc(OCC3CCN(c4c(F)cc5c(=O)c(C(=O)O)cn6c5c4OCC6C)C3)c(F)c2)C(=O)O1. The van der Waals surface area contributed by atoms with E-state index >= 15 is 4.39 Å². The Morgan fingerprint density at radius 2 is 1.95 bits per heavy atom. The first kappa shape index (κ1) is 29.2. The van der Waals surface area contributed by atoms with Crippen LogP contribution in [0.15, 0.2) is 35.3 Å². The Bertz CT molecular complexity index is 1740. The Labute approximate surface area is 249 Å². The molecule has 2 unspecified atom stereocenters. The molecule has 3 atom stereocenters. The minimum absolute atomic E-state index is 0.00267. The van der Waals surface area contributed by atoms with E-state index in [2.05, 4.69) is 5.32 Å². The molecule has 3 aliphatic rings. The number of aromatic nitrogens is 1. The quantitative estimate of drug-likeness (QED) is 0.392. The first-order chi connectivity index (χ1) is 21.0. The Morgan fingerprint density at radius 3 is 2.68 bits per heavy atom. The molecule has 0 radical (unpaired) electrons. The normalized spacial score (nSPS) is 20.9. The Morgan fingerprint density at radius 1 is 1.16 bits per heavy atom. The van der Waals surface area contributed by atoms with Crippen LogP contribution in [0, 0.1) is 17.6 Å². The van der Waals surface area contributed by atoms with Gasteiger partial charge in [-0.2, -0.15) is 0 Å². The predicted molar refractivity (Wildman–Crippen MR) is 154 cm³/mol. The number of benzene rings is 2. The van der Waals surface area contributed by atoms with Crippen LogP contribution >= 0.6 is 0 Å². The van der Waals surface area contributed by atoms with E-state index in [0.717, 1.165) is 6.07 Å². The van der Waals surface area contributed by atoms with Crippen LogP contribution in [0.2, 0.25) is 0 Å². The molecule has 2 fully saturated rings.